The summed E-state index contributed by atoms with van der Waals surface area (Å²) in [4.78, 5) is 5.30. The van der Waals surface area contributed by atoms with Crippen LogP contribution < -0.4 is 5.32 Å². The molecule has 0 saturated heterocycles. The summed E-state index contributed by atoms with van der Waals surface area (Å²) < 4.78 is 5.14. The second kappa shape index (κ2) is 6.07. The fraction of sp³-hybridized carbons (Fsp3) is 0.667. The first kappa shape index (κ1) is 10.6. The first-order valence-electron chi connectivity index (χ1n) is 4.49. The highest BCUT2D eigenvalue weighted by atomic mass is 32.1. The number of hydrogen-bond acceptors (Lipinski definition) is 4. The van der Waals surface area contributed by atoms with E-state index in [0.29, 0.717) is 12.6 Å². The maximum absolute atomic E-state index is 5.14. The predicted molar refractivity (Wildman–Crippen MR) is 55.0 cm³/mol. The zero-order valence-electron chi connectivity index (χ0n) is 8.12. The molecule has 0 aliphatic heterocycles. The molecule has 0 bridgehead atoms. The Bertz CT molecular complexity index is 213. The summed E-state index contributed by atoms with van der Waals surface area (Å²) in [6.07, 6.45) is 3.04. The van der Waals surface area contributed by atoms with E-state index in [1.165, 1.54) is 4.88 Å². The topological polar surface area (TPSA) is 34.1 Å². The molecule has 1 heterocycles. The summed E-state index contributed by atoms with van der Waals surface area (Å²) in [5.41, 5.74) is 1.85. The molecular weight excluding hydrogens is 184 g/mol. The minimum atomic E-state index is 0.303. The van der Waals surface area contributed by atoms with Gasteiger partial charge in [0.05, 0.1) is 18.2 Å². The number of rotatable bonds is 6. The highest BCUT2D eigenvalue weighted by molar-refractivity contribution is 7.09. The Kier molecular flexibility index (Phi) is 4.97. The van der Waals surface area contributed by atoms with Gasteiger partial charge in [-0.3, -0.25) is 4.98 Å². The lowest BCUT2D eigenvalue weighted by atomic mass is 10.2. The lowest BCUT2D eigenvalue weighted by Gasteiger charge is -2.15. The van der Waals surface area contributed by atoms with Crippen molar-refractivity contribution in [1.29, 1.82) is 0 Å². The molecule has 1 rings (SSSR count). The van der Waals surface area contributed by atoms with Crippen LogP contribution in [0.2, 0.25) is 0 Å². The third-order valence-corrected chi connectivity index (χ3v) is 2.66. The van der Waals surface area contributed by atoms with Crippen molar-refractivity contribution in [3.05, 3.63) is 16.6 Å². The second-order valence-electron chi connectivity index (χ2n) is 2.87. The number of hydrogen-bond donors (Lipinski definition) is 1. The SMILES string of the molecule is CCCNC(COC)c1cncs1. The molecule has 1 aromatic rings. The van der Waals surface area contributed by atoms with Gasteiger partial charge in [0.15, 0.2) is 0 Å². The number of ether oxygens (including phenoxy) is 1. The summed E-state index contributed by atoms with van der Waals surface area (Å²) in [5, 5.41) is 3.42. The minimum Gasteiger partial charge on any atom is -0.383 e. The molecule has 0 aliphatic rings. The molecule has 1 unspecified atom stereocenters. The second-order valence-corrected chi connectivity index (χ2v) is 3.78. The zero-order chi connectivity index (χ0) is 9.52. The van der Waals surface area contributed by atoms with Crippen molar-refractivity contribution in [3.63, 3.8) is 0 Å². The van der Waals surface area contributed by atoms with Crippen molar-refractivity contribution in [2.45, 2.75) is 19.4 Å². The molecule has 1 atom stereocenters. The summed E-state index contributed by atoms with van der Waals surface area (Å²) in [6.45, 7) is 3.89. The number of nitrogens with zero attached hydrogens (tertiary/aromatic N) is 1. The van der Waals surface area contributed by atoms with E-state index in [1.807, 2.05) is 11.7 Å². The summed E-state index contributed by atoms with van der Waals surface area (Å²) in [7, 11) is 1.72. The Morgan fingerprint density at radius 3 is 3.08 bits per heavy atom. The van der Waals surface area contributed by atoms with Crippen LogP contribution in [0.3, 0.4) is 0 Å². The molecule has 0 spiro atoms. The van der Waals surface area contributed by atoms with Crippen molar-refractivity contribution in [2.75, 3.05) is 20.3 Å². The van der Waals surface area contributed by atoms with Gasteiger partial charge in [0, 0.05) is 18.2 Å². The van der Waals surface area contributed by atoms with Crippen LogP contribution in [0.5, 0.6) is 0 Å². The molecule has 0 aliphatic carbocycles. The standard InChI is InChI=1S/C9H16N2OS/c1-3-4-11-8(6-12-2)9-5-10-7-13-9/h5,7-8,11H,3-4,6H2,1-2H3. The highest BCUT2D eigenvalue weighted by Crippen LogP contribution is 2.17. The van der Waals surface area contributed by atoms with Gasteiger partial charge >= 0.3 is 0 Å². The molecule has 4 heteroatoms. The number of nitrogens with one attached hydrogen (secondary N) is 1. The van der Waals surface area contributed by atoms with Crippen LogP contribution in [0.4, 0.5) is 0 Å². The van der Waals surface area contributed by atoms with Gasteiger partial charge in [0.1, 0.15) is 0 Å². The van der Waals surface area contributed by atoms with Crippen LogP contribution >= 0.6 is 11.3 Å². The van der Waals surface area contributed by atoms with Crippen LogP contribution in [0.15, 0.2) is 11.7 Å². The molecule has 74 valence electrons. The summed E-state index contributed by atoms with van der Waals surface area (Å²) in [5.74, 6) is 0. The van der Waals surface area contributed by atoms with Crippen LogP contribution in [-0.4, -0.2) is 25.2 Å². The molecule has 1 N–H and O–H groups in total. The zero-order valence-corrected chi connectivity index (χ0v) is 8.93. The van der Waals surface area contributed by atoms with Crippen molar-refractivity contribution >= 4 is 11.3 Å². The van der Waals surface area contributed by atoms with E-state index in [1.54, 1.807) is 18.4 Å². The van der Waals surface area contributed by atoms with Gasteiger partial charge in [-0.05, 0) is 13.0 Å². The normalized spacial score (nSPS) is 13.1. The predicted octanol–water partition coefficient (Wildman–Crippen LogP) is 1.83. The van der Waals surface area contributed by atoms with E-state index in [2.05, 4.69) is 17.2 Å². The van der Waals surface area contributed by atoms with E-state index in [9.17, 15) is 0 Å². The van der Waals surface area contributed by atoms with E-state index < -0.39 is 0 Å². The molecule has 0 aromatic carbocycles. The van der Waals surface area contributed by atoms with Gasteiger partial charge in [0.2, 0.25) is 0 Å². The van der Waals surface area contributed by atoms with Gasteiger partial charge in [-0.2, -0.15) is 0 Å². The molecule has 0 amide bonds. The number of methoxy groups -OCH3 is 1. The van der Waals surface area contributed by atoms with E-state index in [4.69, 9.17) is 4.74 Å². The molecule has 3 nitrogen and oxygen atoms in total. The fourth-order valence-corrected chi connectivity index (χ4v) is 1.81. The summed E-state index contributed by atoms with van der Waals surface area (Å²) in [6, 6.07) is 0.303. The fourth-order valence-electron chi connectivity index (χ4n) is 1.12. The van der Waals surface area contributed by atoms with Gasteiger partial charge in [-0.15, -0.1) is 11.3 Å². The average Bonchev–Trinajstić information content (AvgIpc) is 2.65. The smallest absolute Gasteiger partial charge is 0.0794 e. The van der Waals surface area contributed by atoms with Crippen LogP contribution in [0, 0.1) is 0 Å². The third kappa shape index (κ3) is 3.42. The Morgan fingerprint density at radius 2 is 2.54 bits per heavy atom. The van der Waals surface area contributed by atoms with Gasteiger partial charge in [-0.25, -0.2) is 0 Å². The van der Waals surface area contributed by atoms with Crippen LogP contribution in [0.1, 0.15) is 24.3 Å². The van der Waals surface area contributed by atoms with Crippen LogP contribution in [-0.2, 0) is 4.74 Å². The summed E-state index contributed by atoms with van der Waals surface area (Å²) >= 11 is 1.67. The van der Waals surface area contributed by atoms with Crippen molar-refractivity contribution in [2.24, 2.45) is 0 Å². The van der Waals surface area contributed by atoms with Gasteiger partial charge in [0.25, 0.3) is 0 Å². The average molecular weight is 200 g/mol. The molecule has 0 saturated carbocycles. The molecule has 13 heavy (non-hydrogen) atoms. The lowest BCUT2D eigenvalue weighted by Crippen LogP contribution is -2.25. The monoisotopic (exact) mass is 200 g/mol. The Hall–Kier alpha value is -0.450. The maximum Gasteiger partial charge on any atom is 0.0794 e. The van der Waals surface area contributed by atoms with E-state index >= 15 is 0 Å². The highest BCUT2D eigenvalue weighted by Gasteiger charge is 2.10. The molecule has 0 radical (unpaired) electrons. The quantitative estimate of drug-likeness (QED) is 0.760. The van der Waals surface area contributed by atoms with Gasteiger partial charge in [-0.1, -0.05) is 6.92 Å². The van der Waals surface area contributed by atoms with E-state index in [0.717, 1.165) is 13.0 Å². The largest absolute Gasteiger partial charge is 0.383 e. The maximum atomic E-state index is 5.14. The first-order valence-corrected chi connectivity index (χ1v) is 5.37. The number of thiazole rings is 1. The van der Waals surface area contributed by atoms with E-state index in [-0.39, 0.29) is 0 Å². The third-order valence-electron chi connectivity index (χ3n) is 1.77. The number of aromatic nitrogens is 1. The minimum absolute atomic E-state index is 0.303. The molecule has 0 fully saturated rings. The molecule has 1 aromatic heterocycles. The Labute approximate surface area is 83.1 Å². The van der Waals surface area contributed by atoms with Crippen molar-refractivity contribution in [1.82, 2.24) is 10.3 Å². The molecular formula is C9H16N2OS. The van der Waals surface area contributed by atoms with Gasteiger partial charge < -0.3 is 10.1 Å². The van der Waals surface area contributed by atoms with Crippen molar-refractivity contribution in [3.8, 4) is 0 Å². The van der Waals surface area contributed by atoms with Crippen LogP contribution in [0.25, 0.3) is 0 Å². The Morgan fingerprint density at radius 1 is 1.69 bits per heavy atom. The lowest BCUT2D eigenvalue weighted by molar-refractivity contribution is 0.168. The first-order chi connectivity index (χ1) is 6.38. The van der Waals surface area contributed by atoms with Crippen molar-refractivity contribution < 1.29 is 4.74 Å². The Balaban J connectivity index is 2.47.